The number of nitrogens with one attached hydrogen (secondary N) is 1. The predicted octanol–water partition coefficient (Wildman–Crippen LogP) is 2.87. The summed E-state index contributed by atoms with van der Waals surface area (Å²) in [6.07, 6.45) is 5.87. The standard InChI is InChI=1S/C12H24BrNO2/c1-2-3-10-16-11-6-9-14-12(15)7-4-5-8-13/h2-11H2,1H3,(H,14,15). The van der Waals surface area contributed by atoms with Gasteiger partial charge in [-0.1, -0.05) is 29.3 Å². The van der Waals surface area contributed by atoms with Gasteiger partial charge in [-0.25, -0.2) is 0 Å². The number of hydrogen-bond acceptors (Lipinski definition) is 2. The fourth-order valence-corrected chi connectivity index (χ4v) is 1.62. The summed E-state index contributed by atoms with van der Waals surface area (Å²) >= 11 is 3.35. The molecule has 0 aromatic heterocycles. The van der Waals surface area contributed by atoms with Crippen molar-refractivity contribution in [2.75, 3.05) is 25.1 Å². The van der Waals surface area contributed by atoms with Crippen LogP contribution in [0.25, 0.3) is 0 Å². The third-order valence-corrected chi connectivity index (χ3v) is 2.78. The van der Waals surface area contributed by atoms with E-state index >= 15 is 0 Å². The number of amides is 1. The van der Waals surface area contributed by atoms with Crippen molar-refractivity contribution in [3.8, 4) is 0 Å². The van der Waals surface area contributed by atoms with Crippen LogP contribution in [-0.4, -0.2) is 31.0 Å². The van der Waals surface area contributed by atoms with Crippen LogP contribution in [0, 0.1) is 0 Å². The van der Waals surface area contributed by atoms with Gasteiger partial charge in [0.05, 0.1) is 0 Å². The molecule has 1 N–H and O–H groups in total. The molecule has 0 aliphatic carbocycles. The minimum Gasteiger partial charge on any atom is -0.381 e. The van der Waals surface area contributed by atoms with Gasteiger partial charge in [-0.3, -0.25) is 4.79 Å². The maximum Gasteiger partial charge on any atom is 0.219 e. The van der Waals surface area contributed by atoms with E-state index in [9.17, 15) is 4.79 Å². The van der Waals surface area contributed by atoms with E-state index in [-0.39, 0.29) is 5.91 Å². The van der Waals surface area contributed by atoms with E-state index in [0.717, 1.165) is 50.8 Å². The van der Waals surface area contributed by atoms with Gasteiger partial charge < -0.3 is 10.1 Å². The fourth-order valence-electron chi connectivity index (χ4n) is 1.22. The second kappa shape index (κ2) is 13.0. The van der Waals surface area contributed by atoms with E-state index in [1.807, 2.05) is 0 Å². The molecular formula is C12H24BrNO2. The van der Waals surface area contributed by atoms with E-state index < -0.39 is 0 Å². The Hall–Kier alpha value is -0.0900. The van der Waals surface area contributed by atoms with Gasteiger partial charge >= 0.3 is 0 Å². The number of halogens is 1. The first kappa shape index (κ1) is 15.9. The molecule has 1 amide bonds. The first-order valence-electron chi connectivity index (χ1n) is 6.21. The van der Waals surface area contributed by atoms with E-state index in [1.165, 1.54) is 6.42 Å². The van der Waals surface area contributed by atoms with Crippen LogP contribution in [-0.2, 0) is 9.53 Å². The monoisotopic (exact) mass is 293 g/mol. The SMILES string of the molecule is CCCCOCCCNC(=O)CCCCBr. The Morgan fingerprint density at radius 1 is 1.19 bits per heavy atom. The average molecular weight is 294 g/mol. The topological polar surface area (TPSA) is 38.3 Å². The summed E-state index contributed by atoms with van der Waals surface area (Å²) in [6, 6.07) is 0. The molecule has 0 aromatic rings. The Morgan fingerprint density at radius 3 is 2.62 bits per heavy atom. The van der Waals surface area contributed by atoms with Crippen molar-refractivity contribution in [3.63, 3.8) is 0 Å². The Labute approximate surface area is 107 Å². The highest BCUT2D eigenvalue weighted by molar-refractivity contribution is 9.09. The van der Waals surface area contributed by atoms with E-state index in [1.54, 1.807) is 0 Å². The van der Waals surface area contributed by atoms with Gasteiger partial charge in [0, 0.05) is 31.5 Å². The van der Waals surface area contributed by atoms with Crippen LogP contribution in [0.3, 0.4) is 0 Å². The number of carbonyl (C=O) groups is 1. The zero-order valence-electron chi connectivity index (χ0n) is 10.3. The summed E-state index contributed by atoms with van der Waals surface area (Å²) < 4.78 is 5.40. The van der Waals surface area contributed by atoms with Crippen molar-refractivity contribution in [3.05, 3.63) is 0 Å². The van der Waals surface area contributed by atoms with E-state index in [2.05, 4.69) is 28.2 Å². The Kier molecular flexibility index (Phi) is 12.9. The maximum atomic E-state index is 11.3. The number of hydrogen-bond donors (Lipinski definition) is 1. The molecule has 0 unspecified atom stereocenters. The molecule has 4 heteroatoms. The predicted molar refractivity (Wildman–Crippen MR) is 71.0 cm³/mol. The van der Waals surface area contributed by atoms with Gasteiger partial charge in [-0.15, -0.1) is 0 Å². The number of ether oxygens (including phenoxy) is 1. The van der Waals surface area contributed by atoms with Crippen LogP contribution in [0.5, 0.6) is 0 Å². The lowest BCUT2D eigenvalue weighted by Gasteiger charge is -2.05. The van der Waals surface area contributed by atoms with Gasteiger partial charge in [-0.2, -0.15) is 0 Å². The van der Waals surface area contributed by atoms with Crippen molar-refractivity contribution in [1.82, 2.24) is 5.32 Å². The molecule has 0 atom stereocenters. The lowest BCUT2D eigenvalue weighted by atomic mass is 10.2. The minimum absolute atomic E-state index is 0.162. The van der Waals surface area contributed by atoms with Crippen molar-refractivity contribution in [2.45, 2.75) is 45.4 Å². The molecule has 0 saturated heterocycles. The molecule has 0 rings (SSSR count). The molecule has 0 saturated carbocycles. The average Bonchev–Trinajstić information content (AvgIpc) is 2.28. The van der Waals surface area contributed by atoms with Gasteiger partial charge in [0.25, 0.3) is 0 Å². The molecule has 0 spiro atoms. The van der Waals surface area contributed by atoms with Gasteiger partial charge in [0.15, 0.2) is 0 Å². The Morgan fingerprint density at radius 2 is 1.94 bits per heavy atom. The highest BCUT2D eigenvalue weighted by Crippen LogP contribution is 1.98. The zero-order chi connectivity index (χ0) is 12.1. The smallest absolute Gasteiger partial charge is 0.219 e. The summed E-state index contributed by atoms with van der Waals surface area (Å²) in [5.74, 6) is 0.162. The summed E-state index contributed by atoms with van der Waals surface area (Å²) in [4.78, 5) is 11.3. The van der Waals surface area contributed by atoms with Crippen molar-refractivity contribution in [1.29, 1.82) is 0 Å². The minimum atomic E-state index is 0.162. The molecule has 0 aliphatic heterocycles. The number of carbonyl (C=O) groups excluding carboxylic acids is 1. The highest BCUT2D eigenvalue weighted by atomic mass is 79.9. The van der Waals surface area contributed by atoms with E-state index in [4.69, 9.17) is 4.74 Å². The van der Waals surface area contributed by atoms with Crippen LogP contribution in [0.15, 0.2) is 0 Å². The summed E-state index contributed by atoms with van der Waals surface area (Å²) in [6.45, 7) is 4.48. The van der Waals surface area contributed by atoms with Crippen LogP contribution >= 0.6 is 15.9 Å². The van der Waals surface area contributed by atoms with Crippen molar-refractivity contribution < 1.29 is 9.53 Å². The molecular weight excluding hydrogens is 270 g/mol. The number of alkyl halides is 1. The van der Waals surface area contributed by atoms with Crippen molar-refractivity contribution in [2.24, 2.45) is 0 Å². The fraction of sp³-hybridized carbons (Fsp3) is 0.917. The van der Waals surface area contributed by atoms with Gasteiger partial charge in [0.2, 0.25) is 5.91 Å². The van der Waals surface area contributed by atoms with Crippen LogP contribution < -0.4 is 5.32 Å². The number of unbranched alkanes of at least 4 members (excludes halogenated alkanes) is 2. The Bertz CT molecular complexity index is 165. The summed E-state index contributed by atoms with van der Waals surface area (Å²) in [7, 11) is 0. The molecule has 96 valence electrons. The van der Waals surface area contributed by atoms with Gasteiger partial charge in [0.1, 0.15) is 0 Å². The number of rotatable bonds is 11. The summed E-state index contributed by atoms with van der Waals surface area (Å²) in [5.41, 5.74) is 0. The lowest BCUT2D eigenvalue weighted by Crippen LogP contribution is -2.24. The quantitative estimate of drug-likeness (QED) is 0.470. The highest BCUT2D eigenvalue weighted by Gasteiger charge is 1.99. The molecule has 0 bridgehead atoms. The second-order valence-electron chi connectivity index (χ2n) is 3.82. The van der Waals surface area contributed by atoms with Crippen LogP contribution in [0.4, 0.5) is 0 Å². The molecule has 0 aromatic carbocycles. The molecule has 0 radical (unpaired) electrons. The largest absolute Gasteiger partial charge is 0.381 e. The molecule has 0 aliphatic rings. The second-order valence-corrected chi connectivity index (χ2v) is 4.61. The molecule has 0 heterocycles. The normalized spacial score (nSPS) is 10.4. The molecule has 0 fully saturated rings. The van der Waals surface area contributed by atoms with Crippen LogP contribution in [0.2, 0.25) is 0 Å². The Balaban J connectivity index is 3.09. The molecule has 16 heavy (non-hydrogen) atoms. The molecule has 3 nitrogen and oxygen atoms in total. The zero-order valence-corrected chi connectivity index (χ0v) is 11.9. The third kappa shape index (κ3) is 12.0. The van der Waals surface area contributed by atoms with Crippen LogP contribution in [0.1, 0.15) is 45.4 Å². The van der Waals surface area contributed by atoms with Gasteiger partial charge in [-0.05, 0) is 25.7 Å². The van der Waals surface area contributed by atoms with E-state index in [0.29, 0.717) is 6.42 Å². The lowest BCUT2D eigenvalue weighted by molar-refractivity contribution is -0.121. The maximum absolute atomic E-state index is 11.3. The third-order valence-electron chi connectivity index (χ3n) is 2.22. The first-order valence-corrected chi connectivity index (χ1v) is 7.33. The first-order chi connectivity index (χ1) is 7.81. The summed E-state index contributed by atoms with van der Waals surface area (Å²) in [5, 5.41) is 3.88. The van der Waals surface area contributed by atoms with Crippen molar-refractivity contribution >= 4 is 21.8 Å².